The van der Waals surface area contributed by atoms with Crippen molar-refractivity contribution in [2.75, 3.05) is 6.54 Å². The second-order valence-corrected chi connectivity index (χ2v) is 6.99. The topological polar surface area (TPSA) is 29.5 Å². The number of amides is 1. The predicted molar refractivity (Wildman–Crippen MR) is 74.0 cm³/mol. The van der Waals surface area contributed by atoms with E-state index in [-0.39, 0.29) is 23.0 Å². The average molecular weight is 259 g/mol. The van der Waals surface area contributed by atoms with E-state index in [0.717, 1.165) is 17.7 Å². The van der Waals surface area contributed by atoms with Crippen molar-refractivity contribution in [3.05, 3.63) is 29.8 Å². The second kappa shape index (κ2) is 3.75. The first-order valence-corrected chi connectivity index (χ1v) is 6.89. The monoisotopic (exact) mass is 259 g/mol. The van der Waals surface area contributed by atoms with E-state index in [2.05, 4.69) is 13.0 Å². The zero-order valence-corrected chi connectivity index (χ0v) is 12.1. The molecule has 2 atom stereocenters. The summed E-state index contributed by atoms with van der Waals surface area (Å²) in [4.78, 5) is 14.6. The molecule has 3 rings (SSSR count). The number of hydrogen-bond acceptors (Lipinski definition) is 2. The third-order valence-corrected chi connectivity index (χ3v) is 4.04. The van der Waals surface area contributed by atoms with Gasteiger partial charge in [0.1, 0.15) is 11.4 Å². The van der Waals surface area contributed by atoms with Gasteiger partial charge in [0.25, 0.3) is 0 Å². The Balaban J connectivity index is 2.02. The molecule has 1 amide bonds. The molecular formula is C16H21NO2. The van der Waals surface area contributed by atoms with Gasteiger partial charge in [-0.15, -0.1) is 0 Å². The van der Waals surface area contributed by atoms with E-state index in [0.29, 0.717) is 6.54 Å². The minimum Gasteiger partial charge on any atom is -0.485 e. The molecule has 0 aliphatic carbocycles. The molecule has 2 heterocycles. The maximum atomic E-state index is 12.6. The van der Waals surface area contributed by atoms with Gasteiger partial charge in [0, 0.05) is 17.4 Å². The molecule has 0 spiro atoms. The van der Waals surface area contributed by atoms with Crippen LogP contribution in [0.2, 0.25) is 0 Å². The van der Waals surface area contributed by atoms with Gasteiger partial charge in [-0.2, -0.15) is 0 Å². The maximum absolute atomic E-state index is 12.6. The normalized spacial score (nSPS) is 28.8. The van der Waals surface area contributed by atoms with Gasteiger partial charge in [-0.05, 0) is 13.0 Å². The van der Waals surface area contributed by atoms with Crippen LogP contribution in [-0.2, 0) is 4.79 Å². The Labute approximate surface area is 114 Å². The molecule has 2 aliphatic rings. The second-order valence-electron chi connectivity index (χ2n) is 6.99. The highest BCUT2D eigenvalue weighted by Gasteiger charge is 2.50. The standard InChI is InChI=1S/C16H21NO2/c1-15(2,3)14(18)17-10-16(4)9-12(17)11-7-5-6-8-13(11)19-16/h5-8,12H,9-10H2,1-4H3/t12-,16-/m0/s1. The number of fused-ring (bicyclic) bond motifs is 4. The first kappa shape index (κ1) is 12.5. The highest BCUT2D eigenvalue weighted by molar-refractivity contribution is 5.82. The van der Waals surface area contributed by atoms with Gasteiger partial charge in [-0.3, -0.25) is 4.79 Å². The molecule has 2 bridgehead atoms. The van der Waals surface area contributed by atoms with Crippen LogP contribution < -0.4 is 4.74 Å². The lowest BCUT2D eigenvalue weighted by Crippen LogP contribution is -2.41. The number of ether oxygens (including phenoxy) is 1. The number of para-hydroxylation sites is 1. The molecule has 3 heteroatoms. The summed E-state index contributed by atoms with van der Waals surface area (Å²) in [5, 5.41) is 0. The van der Waals surface area contributed by atoms with Crippen LogP contribution >= 0.6 is 0 Å². The number of likely N-dealkylation sites (tertiary alicyclic amines) is 1. The van der Waals surface area contributed by atoms with Crippen molar-refractivity contribution in [1.82, 2.24) is 4.90 Å². The molecule has 1 aromatic carbocycles. The number of rotatable bonds is 0. The highest BCUT2D eigenvalue weighted by atomic mass is 16.5. The van der Waals surface area contributed by atoms with E-state index in [1.807, 2.05) is 43.9 Å². The average Bonchev–Trinajstić information content (AvgIpc) is 2.60. The fourth-order valence-corrected chi connectivity index (χ4v) is 3.16. The Bertz CT molecular complexity index is 532. The highest BCUT2D eigenvalue weighted by Crippen LogP contribution is 2.49. The zero-order chi connectivity index (χ0) is 13.8. The van der Waals surface area contributed by atoms with Gasteiger partial charge >= 0.3 is 0 Å². The van der Waals surface area contributed by atoms with E-state index in [4.69, 9.17) is 4.74 Å². The molecule has 3 nitrogen and oxygen atoms in total. The van der Waals surface area contributed by atoms with E-state index in [1.165, 1.54) is 0 Å². The van der Waals surface area contributed by atoms with Crippen LogP contribution in [0.1, 0.15) is 45.7 Å². The molecule has 102 valence electrons. The van der Waals surface area contributed by atoms with Crippen LogP contribution in [0, 0.1) is 5.41 Å². The molecular weight excluding hydrogens is 238 g/mol. The van der Waals surface area contributed by atoms with Crippen molar-refractivity contribution in [1.29, 1.82) is 0 Å². The van der Waals surface area contributed by atoms with Crippen LogP contribution in [-0.4, -0.2) is 23.0 Å². The van der Waals surface area contributed by atoms with Gasteiger partial charge in [-0.1, -0.05) is 39.0 Å². The summed E-state index contributed by atoms with van der Waals surface area (Å²) in [6.07, 6.45) is 0.895. The van der Waals surface area contributed by atoms with Crippen LogP contribution in [0.4, 0.5) is 0 Å². The molecule has 1 saturated heterocycles. The van der Waals surface area contributed by atoms with Crippen LogP contribution in [0.25, 0.3) is 0 Å². The summed E-state index contributed by atoms with van der Waals surface area (Å²) in [6.45, 7) is 8.72. The molecule has 0 N–H and O–H groups in total. The molecule has 0 saturated carbocycles. The zero-order valence-electron chi connectivity index (χ0n) is 12.1. The van der Waals surface area contributed by atoms with Gasteiger partial charge in [0.2, 0.25) is 5.91 Å². The molecule has 0 radical (unpaired) electrons. The molecule has 1 fully saturated rings. The molecule has 1 aromatic rings. The molecule has 0 aromatic heterocycles. The fraction of sp³-hybridized carbons (Fsp3) is 0.562. The third kappa shape index (κ3) is 1.92. The fourth-order valence-electron chi connectivity index (χ4n) is 3.16. The molecule has 2 aliphatic heterocycles. The van der Waals surface area contributed by atoms with E-state index >= 15 is 0 Å². The largest absolute Gasteiger partial charge is 0.485 e. The lowest BCUT2D eigenvalue weighted by atomic mass is 9.92. The van der Waals surface area contributed by atoms with E-state index in [1.54, 1.807) is 0 Å². The third-order valence-electron chi connectivity index (χ3n) is 4.04. The van der Waals surface area contributed by atoms with Crippen LogP contribution in [0.15, 0.2) is 24.3 Å². The summed E-state index contributed by atoms with van der Waals surface area (Å²) in [5.74, 6) is 1.15. The lowest BCUT2D eigenvalue weighted by molar-refractivity contribution is -0.140. The van der Waals surface area contributed by atoms with Crippen LogP contribution in [0.3, 0.4) is 0 Å². The minimum absolute atomic E-state index is 0.168. The lowest BCUT2D eigenvalue weighted by Gasteiger charge is -2.32. The number of carbonyl (C=O) groups is 1. The Morgan fingerprint density at radius 2 is 2.05 bits per heavy atom. The minimum atomic E-state index is -0.344. The Morgan fingerprint density at radius 1 is 1.37 bits per heavy atom. The maximum Gasteiger partial charge on any atom is 0.228 e. The Kier molecular flexibility index (Phi) is 2.47. The van der Waals surface area contributed by atoms with Gasteiger partial charge < -0.3 is 9.64 Å². The van der Waals surface area contributed by atoms with Crippen molar-refractivity contribution in [2.45, 2.75) is 45.8 Å². The smallest absolute Gasteiger partial charge is 0.228 e. The van der Waals surface area contributed by atoms with Gasteiger partial charge in [0.15, 0.2) is 0 Å². The quantitative estimate of drug-likeness (QED) is 0.716. The number of nitrogens with zero attached hydrogens (tertiary/aromatic N) is 1. The number of carbonyl (C=O) groups excluding carboxylic acids is 1. The predicted octanol–water partition coefficient (Wildman–Crippen LogP) is 3.16. The first-order chi connectivity index (χ1) is 8.80. The van der Waals surface area contributed by atoms with Crippen molar-refractivity contribution in [2.24, 2.45) is 5.41 Å². The summed E-state index contributed by atoms with van der Waals surface area (Å²) in [5.41, 5.74) is 0.568. The molecule has 0 unspecified atom stereocenters. The Hall–Kier alpha value is -1.51. The first-order valence-electron chi connectivity index (χ1n) is 6.89. The summed E-state index contributed by atoms with van der Waals surface area (Å²) in [7, 11) is 0. The van der Waals surface area contributed by atoms with Crippen molar-refractivity contribution in [3.63, 3.8) is 0 Å². The molecule has 19 heavy (non-hydrogen) atoms. The van der Waals surface area contributed by atoms with Gasteiger partial charge in [-0.25, -0.2) is 0 Å². The summed E-state index contributed by atoms with van der Waals surface area (Å²) >= 11 is 0. The SMILES string of the molecule is CC(C)(C)C(=O)N1C[C@]2(C)C[C@H]1c1ccccc1O2. The van der Waals surface area contributed by atoms with Gasteiger partial charge in [0.05, 0.1) is 12.6 Å². The van der Waals surface area contributed by atoms with Crippen molar-refractivity contribution >= 4 is 5.91 Å². The van der Waals surface area contributed by atoms with Crippen molar-refractivity contribution < 1.29 is 9.53 Å². The van der Waals surface area contributed by atoms with Crippen molar-refractivity contribution in [3.8, 4) is 5.75 Å². The summed E-state index contributed by atoms with van der Waals surface area (Å²) < 4.78 is 6.11. The van der Waals surface area contributed by atoms with E-state index < -0.39 is 0 Å². The Morgan fingerprint density at radius 3 is 2.74 bits per heavy atom. The summed E-state index contributed by atoms with van der Waals surface area (Å²) in [6, 6.07) is 8.26. The van der Waals surface area contributed by atoms with E-state index in [9.17, 15) is 4.79 Å². The number of benzene rings is 1. The van der Waals surface area contributed by atoms with Crippen LogP contribution in [0.5, 0.6) is 5.75 Å². The number of hydrogen-bond donors (Lipinski definition) is 0.